The fourth-order valence-corrected chi connectivity index (χ4v) is 4.13. The SMILES string of the molecule is C=Cc1ccnc(CNCC2CCCC2)c1N(C)CCc1ccc(F)c(C)c1. The molecule has 1 aliphatic carbocycles. The monoisotopic (exact) mass is 381 g/mol. The van der Waals surface area contributed by atoms with Crippen molar-refractivity contribution in [2.45, 2.75) is 45.6 Å². The molecule has 0 radical (unpaired) electrons. The summed E-state index contributed by atoms with van der Waals surface area (Å²) in [5, 5.41) is 3.61. The lowest BCUT2D eigenvalue weighted by molar-refractivity contribution is 0.487. The number of rotatable bonds is 9. The van der Waals surface area contributed by atoms with E-state index in [-0.39, 0.29) is 5.82 Å². The van der Waals surface area contributed by atoms with Crippen LogP contribution in [0.1, 0.15) is 48.1 Å². The number of aromatic nitrogens is 1. The summed E-state index contributed by atoms with van der Waals surface area (Å²) in [4.78, 5) is 6.90. The van der Waals surface area contributed by atoms with Gasteiger partial charge in [-0.25, -0.2) is 4.39 Å². The van der Waals surface area contributed by atoms with Crippen molar-refractivity contribution in [3.63, 3.8) is 0 Å². The summed E-state index contributed by atoms with van der Waals surface area (Å²) >= 11 is 0. The van der Waals surface area contributed by atoms with Crippen LogP contribution in [-0.4, -0.2) is 25.1 Å². The van der Waals surface area contributed by atoms with E-state index in [0.717, 1.165) is 54.5 Å². The maximum atomic E-state index is 13.5. The standard InChI is InChI=1S/C24H32FN3/c1-4-21-11-13-27-23(17-26-16-20-7-5-6-8-20)24(21)28(3)14-12-19-9-10-22(25)18(2)15-19/h4,9-11,13,15,20,26H,1,5-8,12,14,16-17H2,2-3H3. The largest absolute Gasteiger partial charge is 0.372 e. The van der Waals surface area contributed by atoms with Gasteiger partial charge in [0.2, 0.25) is 0 Å². The van der Waals surface area contributed by atoms with Crippen molar-refractivity contribution in [1.29, 1.82) is 0 Å². The van der Waals surface area contributed by atoms with Gasteiger partial charge in [0.05, 0.1) is 11.4 Å². The van der Waals surface area contributed by atoms with Crippen LogP contribution in [0.5, 0.6) is 0 Å². The van der Waals surface area contributed by atoms with Gasteiger partial charge in [0.1, 0.15) is 5.82 Å². The molecule has 1 N–H and O–H groups in total. The Balaban J connectivity index is 1.67. The van der Waals surface area contributed by atoms with E-state index in [1.54, 1.807) is 6.07 Å². The first-order valence-corrected chi connectivity index (χ1v) is 10.4. The lowest BCUT2D eigenvalue weighted by Crippen LogP contribution is -2.26. The van der Waals surface area contributed by atoms with Crippen LogP contribution >= 0.6 is 0 Å². The summed E-state index contributed by atoms with van der Waals surface area (Å²) in [6.07, 6.45) is 10.0. The maximum Gasteiger partial charge on any atom is 0.126 e. The van der Waals surface area contributed by atoms with Crippen molar-refractivity contribution < 1.29 is 4.39 Å². The van der Waals surface area contributed by atoms with E-state index in [0.29, 0.717) is 5.56 Å². The van der Waals surface area contributed by atoms with Gasteiger partial charge in [-0.15, -0.1) is 0 Å². The fraction of sp³-hybridized carbons (Fsp3) is 0.458. The smallest absolute Gasteiger partial charge is 0.126 e. The molecule has 0 bridgehead atoms. The van der Waals surface area contributed by atoms with Gasteiger partial charge in [-0.1, -0.05) is 37.6 Å². The number of anilines is 1. The molecule has 4 heteroatoms. The molecule has 0 amide bonds. The molecule has 1 saturated carbocycles. The lowest BCUT2D eigenvalue weighted by atomic mass is 10.1. The molecule has 1 heterocycles. The van der Waals surface area contributed by atoms with Crippen LogP contribution in [0.3, 0.4) is 0 Å². The molecule has 3 nitrogen and oxygen atoms in total. The van der Waals surface area contributed by atoms with Gasteiger partial charge in [0, 0.05) is 31.9 Å². The minimum atomic E-state index is -0.145. The molecule has 0 atom stereocenters. The normalized spacial score (nSPS) is 14.4. The molecular weight excluding hydrogens is 349 g/mol. The van der Waals surface area contributed by atoms with Gasteiger partial charge in [-0.05, 0) is 61.9 Å². The third-order valence-electron chi connectivity index (χ3n) is 5.79. The number of nitrogens with zero attached hydrogens (tertiary/aromatic N) is 2. The van der Waals surface area contributed by atoms with Crippen LogP contribution < -0.4 is 10.2 Å². The maximum absolute atomic E-state index is 13.5. The number of nitrogens with one attached hydrogen (secondary N) is 1. The van der Waals surface area contributed by atoms with Crippen LogP contribution in [0.4, 0.5) is 10.1 Å². The van der Waals surface area contributed by atoms with E-state index in [9.17, 15) is 4.39 Å². The van der Waals surface area contributed by atoms with Crippen LogP contribution in [-0.2, 0) is 13.0 Å². The molecule has 0 unspecified atom stereocenters. The second-order valence-corrected chi connectivity index (χ2v) is 7.94. The molecule has 1 aromatic heterocycles. The second kappa shape index (κ2) is 9.83. The van der Waals surface area contributed by atoms with Crippen LogP contribution in [0.15, 0.2) is 37.0 Å². The predicted molar refractivity (Wildman–Crippen MR) is 116 cm³/mol. The molecule has 1 aromatic carbocycles. The summed E-state index contributed by atoms with van der Waals surface area (Å²) in [5.74, 6) is 0.666. The molecule has 0 aliphatic heterocycles. The number of hydrogen-bond acceptors (Lipinski definition) is 3. The predicted octanol–water partition coefficient (Wildman–Crippen LogP) is 5.13. The molecule has 2 aromatic rings. The zero-order chi connectivity index (χ0) is 19.9. The van der Waals surface area contributed by atoms with Gasteiger partial charge < -0.3 is 10.2 Å². The zero-order valence-corrected chi connectivity index (χ0v) is 17.2. The number of pyridine rings is 1. The molecule has 3 rings (SSSR count). The highest BCUT2D eigenvalue weighted by Gasteiger charge is 2.16. The zero-order valence-electron chi connectivity index (χ0n) is 17.2. The Morgan fingerprint density at radius 3 is 2.79 bits per heavy atom. The molecule has 0 saturated heterocycles. The number of benzene rings is 1. The van der Waals surface area contributed by atoms with E-state index in [4.69, 9.17) is 0 Å². The van der Waals surface area contributed by atoms with Crippen LogP contribution in [0.25, 0.3) is 6.08 Å². The molecular formula is C24H32FN3. The minimum Gasteiger partial charge on any atom is -0.372 e. The Hall–Kier alpha value is -2.20. The minimum absolute atomic E-state index is 0.145. The third-order valence-corrected chi connectivity index (χ3v) is 5.79. The molecule has 0 spiro atoms. The van der Waals surface area contributed by atoms with E-state index in [2.05, 4.69) is 28.8 Å². The van der Waals surface area contributed by atoms with E-state index < -0.39 is 0 Å². The van der Waals surface area contributed by atoms with Gasteiger partial charge in [0.15, 0.2) is 0 Å². The first kappa shape index (κ1) is 20.5. The van der Waals surface area contributed by atoms with Gasteiger partial charge in [-0.3, -0.25) is 4.98 Å². The number of halogens is 1. The van der Waals surface area contributed by atoms with Gasteiger partial charge in [-0.2, -0.15) is 0 Å². The molecule has 1 fully saturated rings. The quantitative estimate of drug-likeness (QED) is 0.653. The Labute approximate surface area is 168 Å². The molecule has 1 aliphatic rings. The Bertz CT molecular complexity index is 796. The summed E-state index contributed by atoms with van der Waals surface area (Å²) in [7, 11) is 2.10. The molecule has 28 heavy (non-hydrogen) atoms. The topological polar surface area (TPSA) is 28.2 Å². The summed E-state index contributed by atoms with van der Waals surface area (Å²) in [6.45, 7) is 8.47. The van der Waals surface area contributed by atoms with Crippen molar-refractivity contribution in [2.24, 2.45) is 5.92 Å². The highest BCUT2D eigenvalue weighted by molar-refractivity contribution is 5.68. The second-order valence-electron chi connectivity index (χ2n) is 7.94. The van der Waals surface area contributed by atoms with E-state index in [1.807, 2.05) is 37.4 Å². The average molecular weight is 382 g/mol. The summed E-state index contributed by atoms with van der Waals surface area (Å²) in [6, 6.07) is 7.38. The van der Waals surface area contributed by atoms with Crippen LogP contribution in [0.2, 0.25) is 0 Å². The fourth-order valence-electron chi connectivity index (χ4n) is 4.13. The highest BCUT2D eigenvalue weighted by atomic mass is 19.1. The lowest BCUT2D eigenvalue weighted by Gasteiger charge is -2.24. The summed E-state index contributed by atoms with van der Waals surface area (Å²) < 4.78 is 13.5. The average Bonchev–Trinajstić information content (AvgIpc) is 3.22. The number of aryl methyl sites for hydroxylation is 1. The number of hydrogen-bond donors (Lipinski definition) is 1. The Morgan fingerprint density at radius 1 is 1.29 bits per heavy atom. The van der Waals surface area contributed by atoms with Crippen LogP contribution in [0, 0.1) is 18.7 Å². The van der Waals surface area contributed by atoms with Crippen molar-refractivity contribution in [3.05, 3.63) is 65.2 Å². The first-order chi connectivity index (χ1) is 13.6. The third kappa shape index (κ3) is 5.20. The van der Waals surface area contributed by atoms with Crippen molar-refractivity contribution in [2.75, 3.05) is 25.0 Å². The van der Waals surface area contributed by atoms with Crippen molar-refractivity contribution >= 4 is 11.8 Å². The van der Waals surface area contributed by atoms with Crippen molar-refractivity contribution in [3.8, 4) is 0 Å². The van der Waals surface area contributed by atoms with Crippen molar-refractivity contribution in [1.82, 2.24) is 10.3 Å². The Morgan fingerprint density at radius 2 is 2.07 bits per heavy atom. The number of likely N-dealkylation sites (N-methyl/N-ethyl adjacent to an activating group) is 1. The van der Waals surface area contributed by atoms with Gasteiger partial charge >= 0.3 is 0 Å². The summed E-state index contributed by atoms with van der Waals surface area (Å²) in [5.41, 5.74) is 5.15. The van der Waals surface area contributed by atoms with E-state index in [1.165, 1.54) is 25.7 Å². The highest BCUT2D eigenvalue weighted by Crippen LogP contribution is 2.26. The first-order valence-electron chi connectivity index (χ1n) is 10.4. The van der Waals surface area contributed by atoms with Gasteiger partial charge in [0.25, 0.3) is 0 Å². The molecule has 150 valence electrons. The Kier molecular flexibility index (Phi) is 7.21. The van der Waals surface area contributed by atoms with E-state index >= 15 is 0 Å².